The zero-order valence-corrected chi connectivity index (χ0v) is 8.15. The molecule has 1 heterocycles. The van der Waals surface area contributed by atoms with E-state index in [4.69, 9.17) is 5.73 Å². The fourth-order valence-corrected chi connectivity index (χ4v) is 1.40. The molecule has 1 aromatic carbocycles. The lowest BCUT2D eigenvalue weighted by Gasteiger charge is -2.07. The maximum Gasteiger partial charge on any atom is 0.257 e. The van der Waals surface area contributed by atoms with Gasteiger partial charge < -0.3 is 5.73 Å². The minimum Gasteiger partial charge on any atom is -0.399 e. The van der Waals surface area contributed by atoms with Crippen molar-refractivity contribution >= 4 is 5.69 Å². The molecule has 16 heavy (non-hydrogen) atoms. The van der Waals surface area contributed by atoms with Crippen molar-refractivity contribution < 1.29 is 8.78 Å². The molecule has 0 aliphatic heterocycles. The van der Waals surface area contributed by atoms with Crippen LogP contribution in [0.15, 0.2) is 41.3 Å². The Morgan fingerprint density at radius 1 is 1.12 bits per heavy atom. The van der Waals surface area contributed by atoms with Crippen LogP contribution in [0, 0.1) is 11.6 Å². The Balaban J connectivity index is 2.73. The van der Waals surface area contributed by atoms with Crippen LogP contribution in [0.5, 0.6) is 0 Å². The lowest BCUT2D eigenvalue weighted by atomic mass is 10.2. The number of anilines is 1. The molecule has 1 aromatic heterocycles. The number of nitrogens with zero attached hydrogens (tertiary/aromatic N) is 1. The van der Waals surface area contributed by atoms with Gasteiger partial charge >= 0.3 is 0 Å². The monoisotopic (exact) mass is 222 g/mol. The van der Waals surface area contributed by atoms with Crippen LogP contribution in [-0.2, 0) is 0 Å². The van der Waals surface area contributed by atoms with Gasteiger partial charge in [0.05, 0.1) is 0 Å². The molecule has 2 rings (SSSR count). The van der Waals surface area contributed by atoms with Gasteiger partial charge in [-0.05, 0) is 18.2 Å². The van der Waals surface area contributed by atoms with Crippen molar-refractivity contribution in [3.8, 4) is 5.69 Å². The van der Waals surface area contributed by atoms with Gasteiger partial charge in [0, 0.05) is 18.0 Å². The third-order valence-electron chi connectivity index (χ3n) is 2.12. The Morgan fingerprint density at radius 2 is 1.75 bits per heavy atom. The van der Waals surface area contributed by atoms with E-state index in [1.807, 2.05) is 0 Å². The van der Waals surface area contributed by atoms with E-state index in [1.54, 1.807) is 0 Å². The smallest absolute Gasteiger partial charge is 0.257 e. The number of halogens is 2. The fourth-order valence-electron chi connectivity index (χ4n) is 1.40. The summed E-state index contributed by atoms with van der Waals surface area (Å²) in [5.74, 6) is -1.60. The number of pyridine rings is 1. The van der Waals surface area contributed by atoms with Crippen LogP contribution >= 0.6 is 0 Å². The number of rotatable bonds is 1. The van der Waals surface area contributed by atoms with Gasteiger partial charge in [0.15, 0.2) is 0 Å². The molecule has 0 bridgehead atoms. The summed E-state index contributed by atoms with van der Waals surface area (Å²) < 4.78 is 27.6. The summed E-state index contributed by atoms with van der Waals surface area (Å²) in [6.07, 6.45) is 1.24. The molecule has 0 aliphatic carbocycles. The van der Waals surface area contributed by atoms with Crippen LogP contribution in [0.2, 0.25) is 0 Å². The van der Waals surface area contributed by atoms with Crippen molar-refractivity contribution in [3.05, 3.63) is 58.5 Å². The third-order valence-corrected chi connectivity index (χ3v) is 2.12. The molecule has 0 saturated carbocycles. The van der Waals surface area contributed by atoms with Crippen molar-refractivity contribution in [2.24, 2.45) is 0 Å². The van der Waals surface area contributed by atoms with Crippen molar-refractivity contribution in [2.45, 2.75) is 0 Å². The Bertz CT molecular complexity index is 573. The second kappa shape index (κ2) is 3.77. The summed E-state index contributed by atoms with van der Waals surface area (Å²) in [4.78, 5) is 11.5. The Kier molecular flexibility index (Phi) is 2.44. The van der Waals surface area contributed by atoms with Gasteiger partial charge in [-0.2, -0.15) is 0 Å². The molecular weight excluding hydrogens is 214 g/mol. The normalized spacial score (nSPS) is 10.4. The molecule has 0 atom stereocenters. The molecule has 82 valence electrons. The maximum absolute atomic E-state index is 13.4. The van der Waals surface area contributed by atoms with Gasteiger partial charge in [-0.25, -0.2) is 8.78 Å². The number of nitrogens with two attached hydrogens (primary N) is 1. The van der Waals surface area contributed by atoms with Gasteiger partial charge in [-0.15, -0.1) is 0 Å². The van der Waals surface area contributed by atoms with E-state index in [2.05, 4.69) is 0 Å². The third kappa shape index (κ3) is 1.67. The number of aromatic nitrogens is 1. The first kappa shape index (κ1) is 10.4. The standard InChI is InChI=1S/C11H8F2N2O/c12-8-2-1-3-9(13)11(8)15-5-4-7(14)6-10(15)16/h1-6H,14H2. The van der Waals surface area contributed by atoms with Gasteiger partial charge in [0.2, 0.25) is 0 Å². The highest BCUT2D eigenvalue weighted by Gasteiger charge is 2.11. The van der Waals surface area contributed by atoms with Crippen molar-refractivity contribution in [3.63, 3.8) is 0 Å². The van der Waals surface area contributed by atoms with Gasteiger partial charge in [0.25, 0.3) is 5.56 Å². The molecule has 0 fully saturated rings. The van der Waals surface area contributed by atoms with Crippen molar-refractivity contribution in [1.82, 2.24) is 4.57 Å². The van der Waals surface area contributed by atoms with Gasteiger partial charge in [-0.1, -0.05) is 6.07 Å². The molecule has 0 saturated heterocycles. The van der Waals surface area contributed by atoms with Gasteiger partial charge in [0.1, 0.15) is 17.3 Å². The molecule has 0 unspecified atom stereocenters. The van der Waals surface area contributed by atoms with Crippen LogP contribution in [0.25, 0.3) is 5.69 Å². The van der Waals surface area contributed by atoms with Crippen LogP contribution in [0.3, 0.4) is 0 Å². The Hall–Kier alpha value is -2.17. The van der Waals surface area contributed by atoms with Crippen molar-refractivity contribution in [1.29, 1.82) is 0 Å². The highest BCUT2D eigenvalue weighted by atomic mass is 19.1. The second-order valence-electron chi connectivity index (χ2n) is 3.24. The predicted octanol–water partition coefficient (Wildman–Crippen LogP) is 1.70. The van der Waals surface area contributed by atoms with Crippen LogP contribution in [0.1, 0.15) is 0 Å². The number of nitrogen functional groups attached to an aromatic ring is 1. The minimum atomic E-state index is -0.799. The SMILES string of the molecule is Nc1ccn(-c2c(F)cccc2F)c(=O)c1. The number of hydrogen-bond acceptors (Lipinski definition) is 2. The maximum atomic E-state index is 13.4. The minimum absolute atomic E-state index is 0.248. The van der Waals surface area contributed by atoms with Gasteiger partial charge in [-0.3, -0.25) is 9.36 Å². The molecule has 2 aromatic rings. The average molecular weight is 222 g/mol. The molecule has 2 N–H and O–H groups in total. The van der Waals surface area contributed by atoms with E-state index in [0.29, 0.717) is 0 Å². The van der Waals surface area contributed by atoms with Crippen LogP contribution in [-0.4, -0.2) is 4.57 Å². The molecule has 5 heteroatoms. The number of benzene rings is 1. The highest BCUT2D eigenvalue weighted by Crippen LogP contribution is 2.15. The lowest BCUT2D eigenvalue weighted by molar-refractivity contribution is 0.567. The quantitative estimate of drug-likeness (QED) is 0.798. The Morgan fingerprint density at radius 3 is 2.31 bits per heavy atom. The Labute approximate surface area is 89.8 Å². The lowest BCUT2D eigenvalue weighted by Crippen LogP contribution is -2.19. The zero-order valence-electron chi connectivity index (χ0n) is 8.15. The zero-order chi connectivity index (χ0) is 11.7. The highest BCUT2D eigenvalue weighted by molar-refractivity contribution is 5.40. The largest absolute Gasteiger partial charge is 0.399 e. The molecule has 0 aliphatic rings. The predicted molar refractivity (Wildman–Crippen MR) is 56.4 cm³/mol. The second-order valence-corrected chi connectivity index (χ2v) is 3.24. The summed E-state index contributed by atoms with van der Waals surface area (Å²) in [7, 11) is 0. The van der Waals surface area contributed by atoms with E-state index in [0.717, 1.165) is 22.8 Å². The average Bonchev–Trinajstić information content (AvgIpc) is 2.20. The topological polar surface area (TPSA) is 48.0 Å². The summed E-state index contributed by atoms with van der Waals surface area (Å²) in [6, 6.07) is 5.90. The fraction of sp³-hybridized carbons (Fsp3) is 0. The summed E-state index contributed by atoms with van der Waals surface area (Å²) in [6.45, 7) is 0. The molecular formula is C11H8F2N2O. The summed E-state index contributed by atoms with van der Waals surface area (Å²) in [5, 5.41) is 0. The molecule has 0 radical (unpaired) electrons. The number of para-hydroxylation sites is 1. The summed E-state index contributed by atoms with van der Waals surface area (Å²) >= 11 is 0. The van der Waals surface area contributed by atoms with E-state index in [-0.39, 0.29) is 5.69 Å². The first-order valence-corrected chi connectivity index (χ1v) is 4.52. The first-order chi connectivity index (χ1) is 7.59. The molecule has 3 nitrogen and oxygen atoms in total. The van der Waals surface area contributed by atoms with E-state index >= 15 is 0 Å². The van der Waals surface area contributed by atoms with Crippen LogP contribution < -0.4 is 11.3 Å². The molecule has 0 spiro atoms. The summed E-state index contributed by atoms with van der Waals surface area (Å²) in [5.41, 5.74) is 4.65. The molecule has 0 amide bonds. The van der Waals surface area contributed by atoms with Crippen LogP contribution in [0.4, 0.5) is 14.5 Å². The van der Waals surface area contributed by atoms with Crippen molar-refractivity contribution in [2.75, 3.05) is 5.73 Å². The van der Waals surface area contributed by atoms with E-state index < -0.39 is 22.9 Å². The van der Waals surface area contributed by atoms with E-state index in [1.165, 1.54) is 18.3 Å². The van der Waals surface area contributed by atoms with E-state index in [9.17, 15) is 13.6 Å². The number of hydrogen-bond donors (Lipinski definition) is 1. The first-order valence-electron chi connectivity index (χ1n) is 4.52.